The van der Waals surface area contributed by atoms with Crippen LogP contribution in [0.4, 0.5) is 5.82 Å². The number of fused-ring (bicyclic) bond motifs is 1. The van der Waals surface area contributed by atoms with Crippen molar-refractivity contribution in [2.45, 2.75) is 25.0 Å². The highest BCUT2D eigenvalue weighted by molar-refractivity contribution is 7.98. The first kappa shape index (κ1) is 18.3. The number of aromatic nitrogens is 2. The zero-order valence-corrected chi connectivity index (χ0v) is 16.3. The number of thioether (sulfide) groups is 1. The van der Waals surface area contributed by atoms with Gasteiger partial charge in [0.05, 0.1) is 11.4 Å². The second kappa shape index (κ2) is 7.90. The Kier molecular flexibility index (Phi) is 5.16. The fourth-order valence-corrected chi connectivity index (χ4v) is 4.07. The van der Waals surface area contributed by atoms with Gasteiger partial charge in [0.25, 0.3) is 0 Å². The monoisotopic (exact) mass is 392 g/mol. The summed E-state index contributed by atoms with van der Waals surface area (Å²) in [4.78, 5) is 24.8. The number of rotatable bonds is 4. The van der Waals surface area contributed by atoms with E-state index >= 15 is 0 Å². The normalized spacial score (nSPS) is 12.5. The smallest absolute Gasteiger partial charge is 0.314 e. The minimum absolute atomic E-state index is 0.304. The van der Waals surface area contributed by atoms with Crippen molar-refractivity contribution in [3.8, 4) is 5.69 Å². The van der Waals surface area contributed by atoms with Crippen LogP contribution in [0.15, 0.2) is 54.6 Å². The SMILES string of the molecule is Cc1ccc(-n2nc3c(c2NC(=O)C(=O)NCc2ccccc2)CSC3)cc1. The summed E-state index contributed by atoms with van der Waals surface area (Å²) in [5, 5.41) is 10.1. The number of carbonyl (C=O) groups is 2. The van der Waals surface area contributed by atoms with Gasteiger partial charge in [0.15, 0.2) is 0 Å². The molecule has 2 amide bonds. The molecule has 1 aliphatic heterocycles. The van der Waals surface area contributed by atoms with Crippen LogP contribution in [0.3, 0.4) is 0 Å². The van der Waals surface area contributed by atoms with E-state index in [4.69, 9.17) is 0 Å². The highest BCUT2D eigenvalue weighted by atomic mass is 32.2. The van der Waals surface area contributed by atoms with Crippen LogP contribution in [-0.4, -0.2) is 21.6 Å². The highest BCUT2D eigenvalue weighted by Gasteiger charge is 2.26. The molecule has 0 fully saturated rings. The van der Waals surface area contributed by atoms with Crippen LogP contribution in [0.2, 0.25) is 0 Å². The number of amides is 2. The summed E-state index contributed by atoms with van der Waals surface area (Å²) in [6.07, 6.45) is 0. The Balaban J connectivity index is 1.53. The van der Waals surface area contributed by atoms with E-state index in [1.54, 1.807) is 16.4 Å². The van der Waals surface area contributed by atoms with E-state index in [-0.39, 0.29) is 0 Å². The molecule has 0 unspecified atom stereocenters. The highest BCUT2D eigenvalue weighted by Crippen LogP contribution is 2.36. The summed E-state index contributed by atoms with van der Waals surface area (Å²) in [6.45, 7) is 2.32. The van der Waals surface area contributed by atoms with Crippen molar-refractivity contribution in [3.05, 3.63) is 77.0 Å². The Morgan fingerprint density at radius 1 is 1.04 bits per heavy atom. The molecule has 3 aromatic rings. The summed E-state index contributed by atoms with van der Waals surface area (Å²) in [5.41, 5.74) is 4.86. The number of nitrogens with one attached hydrogen (secondary N) is 2. The second-order valence-corrected chi connectivity index (χ2v) is 7.62. The molecule has 0 bridgehead atoms. The molecule has 0 spiro atoms. The third-order valence-electron chi connectivity index (χ3n) is 4.56. The Morgan fingerprint density at radius 2 is 1.79 bits per heavy atom. The number of hydrogen-bond donors (Lipinski definition) is 2. The summed E-state index contributed by atoms with van der Waals surface area (Å²) in [6, 6.07) is 17.4. The predicted molar refractivity (Wildman–Crippen MR) is 110 cm³/mol. The Hall–Kier alpha value is -3.06. The molecular formula is C21H20N4O2S. The standard InChI is InChI=1S/C21H20N4O2S/c1-14-7-9-16(10-8-14)25-19(17-12-28-13-18(17)24-25)23-21(27)20(26)22-11-15-5-3-2-4-6-15/h2-10H,11-13H2,1H3,(H,22,26)(H,23,27). The Labute approximate surface area is 167 Å². The molecule has 0 aliphatic carbocycles. The predicted octanol–water partition coefficient (Wildman–Crippen LogP) is 3.18. The fraction of sp³-hybridized carbons (Fsp3) is 0.190. The minimum Gasteiger partial charge on any atom is -0.344 e. The number of anilines is 1. The number of aryl methyl sites for hydroxylation is 1. The Morgan fingerprint density at radius 3 is 2.54 bits per heavy atom. The van der Waals surface area contributed by atoms with E-state index in [1.165, 1.54) is 0 Å². The van der Waals surface area contributed by atoms with Gasteiger partial charge in [-0.3, -0.25) is 9.59 Å². The average Bonchev–Trinajstić information content (AvgIpc) is 3.30. The van der Waals surface area contributed by atoms with Crippen LogP contribution in [0.5, 0.6) is 0 Å². The molecule has 4 rings (SSSR count). The van der Waals surface area contributed by atoms with Gasteiger partial charge in [0.1, 0.15) is 5.82 Å². The third kappa shape index (κ3) is 3.80. The number of carbonyl (C=O) groups excluding carboxylic acids is 2. The fourth-order valence-electron chi connectivity index (χ4n) is 3.04. The molecule has 1 aromatic heterocycles. The van der Waals surface area contributed by atoms with E-state index in [0.29, 0.717) is 12.4 Å². The van der Waals surface area contributed by atoms with Crippen LogP contribution < -0.4 is 10.6 Å². The third-order valence-corrected chi connectivity index (χ3v) is 5.53. The molecule has 0 saturated carbocycles. The maximum absolute atomic E-state index is 12.5. The first-order chi connectivity index (χ1) is 13.6. The summed E-state index contributed by atoms with van der Waals surface area (Å²) >= 11 is 1.75. The van der Waals surface area contributed by atoms with Gasteiger partial charge in [-0.05, 0) is 24.6 Å². The zero-order chi connectivity index (χ0) is 19.5. The first-order valence-corrected chi connectivity index (χ1v) is 10.2. The largest absolute Gasteiger partial charge is 0.344 e. The lowest BCUT2D eigenvalue weighted by Gasteiger charge is -2.11. The lowest BCUT2D eigenvalue weighted by atomic mass is 10.2. The second-order valence-electron chi connectivity index (χ2n) is 6.64. The van der Waals surface area contributed by atoms with Crippen molar-refractivity contribution < 1.29 is 9.59 Å². The van der Waals surface area contributed by atoms with Gasteiger partial charge < -0.3 is 10.6 Å². The van der Waals surface area contributed by atoms with Crippen molar-refractivity contribution in [3.63, 3.8) is 0 Å². The molecule has 7 heteroatoms. The molecule has 28 heavy (non-hydrogen) atoms. The van der Waals surface area contributed by atoms with Crippen LogP contribution in [0.1, 0.15) is 22.4 Å². The Bertz CT molecular complexity index is 1010. The summed E-state index contributed by atoms with van der Waals surface area (Å²) in [5.74, 6) is 0.784. The molecule has 2 N–H and O–H groups in total. The van der Waals surface area contributed by atoms with Crippen LogP contribution in [0, 0.1) is 6.92 Å². The van der Waals surface area contributed by atoms with Crippen molar-refractivity contribution >= 4 is 29.4 Å². The van der Waals surface area contributed by atoms with Crippen LogP contribution >= 0.6 is 11.8 Å². The van der Waals surface area contributed by atoms with E-state index in [9.17, 15) is 9.59 Å². The maximum atomic E-state index is 12.5. The van der Waals surface area contributed by atoms with Crippen LogP contribution in [-0.2, 0) is 27.6 Å². The maximum Gasteiger partial charge on any atom is 0.314 e. The number of hydrogen-bond acceptors (Lipinski definition) is 4. The number of benzene rings is 2. The quantitative estimate of drug-likeness (QED) is 0.669. The van der Waals surface area contributed by atoms with E-state index in [0.717, 1.165) is 39.6 Å². The van der Waals surface area contributed by atoms with Gasteiger partial charge in [-0.15, -0.1) is 0 Å². The lowest BCUT2D eigenvalue weighted by molar-refractivity contribution is -0.136. The lowest BCUT2D eigenvalue weighted by Crippen LogP contribution is -2.35. The number of nitrogens with zero attached hydrogens (tertiary/aromatic N) is 2. The van der Waals surface area contributed by atoms with Gasteiger partial charge in [-0.25, -0.2) is 4.68 Å². The van der Waals surface area contributed by atoms with Gasteiger partial charge in [0, 0.05) is 23.6 Å². The average molecular weight is 392 g/mol. The first-order valence-electron chi connectivity index (χ1n) is 9.00. The van der Waals surface area contributed by atoms with Gasteiger partial charge in [0.2, 0.25) is 0 Å². The van der Waals surface area contributed by atoms with Crippen molar-refractivity contribution in [2.75, 3.05) is 5.32 Å². The summed E-state index contributed by atoms with van der Waals surface area (Å²) < 4.78 is 1.71. The molecule has 0 saturated heterocycles. The van der Waals surface area contributed by atoms with Crippen molar-refractivity contribution in [1.82, 2.24) is 15.1 Å². The molecule has 142 valence electrons. The van der Waals surface area contributed by atoms with Gasteiger partial charge in [-0.2, -0.15) is 16.9 Å². The van der Waals surface area contributed by atoms with E-state index in [1.807, 2.05) is 61.5 Å². The van der Waals surface area contributed by atoms with E-state index < -0.39 is 11.8 Å². The van der Waals surface area contributed by atoms with Gasteiger partial charge in [-0.1, -0.05) is 48.0 Å². The molecule has 2 aromatic carbocycles. The van der Waals surface area contributed by atoms with Crippen LogP contribution in [0.25, 0.3) is 5.69 Å². The van der Waals surface area contributed by atoms with Gasteiger partial charge >= 0.3 is 11.8 Å². The molecular weight excluding hydrogens is 372 g/mol. The molecule has 2 heterocycles. The minimum atomic E-state index is -0.691. The zero-order valence-electron chi connectivity index (χ0n) is 15.4. The molecule has 0 atom stereocenters. The topological polar surface area (TPSA) is 76.0 Å². The molecule has 6 nitrogen and oxygen atoms in total. The van der Waals surface area contributed by atoms with Crippen molar-refractivity contribution in [1.29, 1.82) is 0 Å². The van der Waals surface area contributed by atoms with E-state index in [2.05, 4.69) is 15.7 Å². The van der Waals surface area contributed by atoms with Crippen molar-refractivity contribution in [2.24, 2.45) is 0 Å². The molecule has 0 radical (unpaired) electrons. The molecule has 1 aliphatic rings. The summed E-state index contributed by atoms with van der Waals surface area (Å²) in [7, 11) is 0.